The lowest BCUT2D eigenvalue weighted by Gasteiger charge is -2.19. The van der Waals surface area contributed by atoms with Gasteiger partial charge < -0.3 is 10.2 Å². The first-order chi connectivity index (χ1) is 13.8. The number of aromatic nitrogens is 2. The Bertz CT molecular complexity index is 851. The fraction of sp³-hybridized carbons (Fsp3) is 0.522. The fourth-order valence-electron chi connectivity index (χ4n) is 3.50. The van der Waals surface area contributed by atoms with Gasteiger partial charge in [0.1, 0.15) is 0 Å². The van der Waals surface area contributed by atoms with Crippen LogP contribution in [-0.4, -0.2) is 39.6 Å². The molecule has 2 aromatic rings. The van der Waals surface area contributed by atoms with E-state index in [0.29, 0.717) is 43.1 Å². The Hall–Kier alpha value is -2.63. The van der Waals surface area contributed by atoms with Gasteiger partial charge in [-0.05, 0) is 63.8 Å². The van der Waals surface area contributed by atoms with Crippen LogP contribution in [-0.2, 0) is 17.8 Å². The number of nitrogens with one attached hydrogen (secondary N) is 1. The Morgan fingerprint density at radius 2 is 1.86 bits per heavy atom. The monoisotopic (exact) mass is 398 g/mol. The van der Waals surface area contributed by atoms with Crippen molar-refractivity contribution in [1.82, 2.24) is 14.7 Å². The van der Waals surface area contributed by atoms with Gasteiger partial charge in [0.25, 0.3) is 5.91 Å². The van der Waals surface area contributed by atoms with Crippen molar-refractivity contribution in [2.75, 3.05) is 18.4 Å². The molecule has 1 aromatic heterocycles. The van der Waals surface area contributed by atoms with Crippen molar-refractivity contribution in [3.05, 3.63) is 46.8 Å². The Morgan fingerprint density at radius 3 is 2.48 bits per heavy atom. The SMILES string of the molecule is CCN(CC)C(=O)c1cccc(NC(=O)CCc2c(C)nn(CC(C)C)c2C)c1. The van der Waals surface area contributed by atoms with Crippen LogP contribution in [0.25, 0.3) is 0 Å². The number of amides is 2. The van der Waals surface area contributed by atoms with Crippen LogP contribution in [0.1, 0.15) is 61.4 Å². The maximum absolute atomic E-state index is 12.5. The zero-order chi connectivity index (χ0) is 21.6. The van der Waals surface area contributed by atoms with E-state index in [1.807, 2.05) is 31.5 Å². The third-order valence-electron chi connectivity index (χ3n) is 5.12. The molecule has 29 heavy (non-hydrogen) atoms. The quantitative estimate of drug-likeness (QED) is 0.688. The highest BCUT2D eigenvalue weighted by Gasteiger charge is 2.15. The summed E-state index contributed by atoms with van der Waals surface area (Å²) in [6.07, 6.45) is 1.03. The number of carbonyl (C=O) groups excluding carboxylic acids is 2. The van der Waals surface area contributed by atoms with Crippen LogP contribution in [0, 0.1) is 19.8 Å². The van der Waals surface area contributed by atoms with E-state index < -0.39 is 0 Å². The summed E-state index contributed by atoms with van der Waals surface area (Å²) >= 11 is 0. The van der Waals surface area contributed by atoms with Gasteiger partial charge in [0.2, 0.25) is 5.91 Å². The van der Waals surface area contributed by atoms with Gasteiger partial charge in [0.15, 0.2) is 0 Å². The molecule has 6 heteroatoms. The summed E-state index contributed by atoms with van der Waals surface area (Å²) < 4.78 is 2.04. The van der Waals surface area contributed by atoms with Gasteiger partial charge >= 0.3 is 0 Å². The zero-order valence-corrected chi connectivity index (χ0v) is 18.6. The molecule has 0 saturated heterocycles. The standard InChI is InChI=1S/C23H34N4O2/c1-7-26(8-2)23(29)19-10-9-11-20(14-19)24-22(28)13-12-21-17(5)25-27(18(21)6)15-16(3)4/h9-11,14,16H,7-8,12-13,15H2,1-6H3,(H,24,28). The molecule has 0 atom stereocenters. The molecule has 0 fully saturated rings. The third kappa shape index (κ3) is 5.92. The van der Waals surface area contributed by atoms with Gasteiger partial charge in [0.05, 0.1) is 5.69 Å². The molecule has 0 bridgehead atoms. The predicted octanol–water partition coefficient (Wildman–Crippen LogP) is 4.21. The first-order valence-electron chi connectivity index (χ1n) is 10.5. The maximum atomic E-state index is 12.5. The molecule has 0 spiro atoms. The van der Waals surface area contributed by atoms with E-state index in [4.69, 9.17) is 0 Å². The molecule has 0 unspecified atom stereocenters. The lowest BCUT2D eigenvalue weighted by molar-refractivity contribution is -0.116. The van der Waals surface area contributed by atoms with E-state index in [1.54, 1.807) is 23.1 Å². The molecule has 1 N–H and O–H groups in total. The number of benzene rings is 1. The van der Waals surface area contributed by atoms with Gasteiger partial charge in [0, 0.05) is 43.0 Å². The number of anilines is 1. The first-order valence-corrected chi connectivity index (χ1v) is 10.5. The van der Waals surface area contributed by atoms with Crippen LogP contribution in [0.2, 0.25) is 0 Å². The lowest BCUT2D eigenvalue weighted by atomic mass is 10.1. The largest absolute Gasteiger partial charge is 0.339 e. The summed E-state index contributed by atoms with van der Waals surface area (Å²) in [5, 5.41) is 7.54. The zero-order valence-electron chi connectivity index (χ0n) is 18.6. The Balaban J connectivity index is 2.01. The van der Waals surface area contributed by atoms with Gasteiger partial charge in [-0.15, -0.1) is 0 Å². The van der Waals surface area contributed by atoms with Crippen molar-refractivity contribution in [3.8, 4) is 0 Å². The van der Waals surface area contributed by atoms with Gasteiger partial charge in [-0.2, -0.15) is 5.10 Å². The highest BCUT2D eigenvalue weighted by atomic mass is 16.2. The second kappa shape index (κ2) is 10.2. The third-order valence-corrected chi connectivity index (χ3v) is 5.12. The van der Waals surface area contributed by atoms with Gasteiger partial charge in [-0.25, -0.2) is 0 Å². The van der Waals surface area contributed by atoms with Crippen molar-refractivity contribution in [3.63, 3.8) is 0 Å². The molecule has 158 valence electrons. The molecule has 2 amide bonds. The summed E-state index contributed by atoms with van der Waals surface area (Å²) in [7, 11) is 0. The van der Waals surface area contributed by atoms with Crippen LogP contribution < -0.4 is 5.32 Å². The summed E-state index contributed by atoms with van der Waals surface area (Å²) in [5.74, 6) is 0.443. The molecule has 1 heterocycles. The van der Waals surface area contributed by atoms with Crippen molar-refractivity contribution >= 4 is 17.5 Å². The highest BCUT2D eigenvalue weighted by Crippen LogP contribution is 2.18. The molecule has 0 saturated carbocycles. The van der Waals surface area contributed by atoms with Gasteiger partial charge in [-0.3, -0.25) is 14.3 Å². The molecule has 0 aliphatic heterocycles. The number of rotatable bonds is 9. The molecular weight excluding hydrogens is 364 g/mol. The second-order valence-corrected chi connectivity index (χ2v) is 7.83. The highest BCUT2D eigenvalue weighted by molar-refractivity contribution is 5.97. The number of hydrogen-bond donors (Lipinski definition) is 1. The van der Waals surface area contributed by atoms with E-state index in [-0.39, 0.29) is 11.8 Å². The summed E-state index contributed by atoms with van der Waals surface area (Å²) in [5.41, 5.74) is 4.51. The number of carbonyl (C=O) groups is 2. The van der Waals surface area contributed by atoms with Crippen LogP contribution in [0.3, 0.4) is 0 Å². The lowest BCUT2D eigenvalue weighted by Crippen LogP contribution is -2.30. The molecule has 6 nitrogen and oxygen atoms in total. The minimum absolute atomic E-state index is 0.0186. The maximum Gasteiger partial charge on any atom is 0.253 e. The summed E-state index contributed by atoms with van der Waals surface area (Å²) in [4.78, 5) is 26.8. The fourth-order valence-corrected chi connectivity index (χ4v) is 3.50. The van der Waals surface area contributed by atoms with E-state index in [9.17, 15) is 9.59 Å². The van der Waals surface area contributed by atoms with E-state index in [0.717, 1.165) is 23.5 Å². The number of aryl methyl sites for hydroxylation is 1. The van der Waals surface area contributed by atoms with Gasteiger partial charge in [-0.1, -0.05) is 19.9 Å². The Labute approximate surface area is 174 Å². The summed E-state index contributed by atoms with van der Waals surface area (Å²) in [6.45, 7) is 14.5. The average Bonchev–Trinajstić information content (AvgIpc) is 2.93. The van der Waals surface area contributed by atoms with E-state index in [2.05, 4.69) is 31.2 Å². The van der Waals surface area contributed by atoms with Crippen molar-refractivity contribution < 1.29 is 9.59 Å². The number of hydrogen-bond acceptors (Lipinski definition) is 3. The summed E-state index contributed by atoms with van der Waals surface area (Å²) in [6, 6.07) is 7.15. The molecular formula is C23H34N4O2. The van der Waals surface area contributed by atoms with Crippen LogP contribution >= 0.6 is 0 Å². The number of nitrogens with zero attached hydrogens (tertiary/aromatic N) is 3. The Morgan fingerprint density at radius 1 is 1.17 bits per heavy atom. The minimum Gasteiger partial charge on any atom is -0.339 e. The molecule has 2 rings (SSSR count). The molecule has 0 aliphatic rings. The topological polar surface area (TPSA) is 67.2 Å². The smallest absolute Gasteiger partial charge is 0.253 e. The van der Waals surface area contributed by atoms with Crippen LogP contribution in [0.5, 0.6) is 0 Å². The molecule has 1 aromatic carbocycles. The molecule has 0 aliphatic carbocycles. The second-order valence-electron chi connectivity index (χ2n) is 7.83. The van der Waals surface area contributed by atoms with E-state index in [1.165, 1.54) is 0 Å². The first kappa shape index (κ1) is 22.7. The average molecular weight is 399 g/mol. The van der Waals surface area contributed by atoms with Crippen LogP contribution in [0.4, 0.5) is 5.69 Å². The van der Waals surface area contributed by atoms with Crippen molar-refractivity contribution in [1.29, 1.82) is 0 Å². The predicted molar refractivity (Wildman–Crippen MR) is 117 cm³/mol. The minimum atomic E-state index is -0.0622. The molecule has 0 radical (unpaired) electrons. The Kier molecular flexibility index (Phi) is 8.00. The van der Waals surface area contributed by atoms with Crippen LogP contribution in [0.15, 0.2) is 24.3 Å². The van der Waals surface area contributed by atoms with E-state index >= 15 is 0 Å². The normalized spacial score (nSPS) is 11.0. The van der Waals surface area contributed by atoms with Crippen molar-refractivity contribution in [2.24, 2.45) is 5.92 Å². The van der Waals surface area contributed by atoms with Crippen molar-refractivity contribution in [2.45, 2.75) is 60.9 Å².